The smallest absolute Gasteiger partial charge is 0.159 e. The Bertz CT molecular complexity index is 4690. The number of benzene rings is 12. The zero-order valence-corrected chi connectivity index (χ0v) is 46.2. The number of furan rings is 1. The molecule has 1 atom stereocenters. The molecule has 4 heteroatoms. The molecule has 0 saturated heterocycles. The van der Waals surface area contributed by atoms with Gasteiger partial charge in [0.2, 0.25) is 0 Å². The topological polar surface area (TPSA) is 21.3 Å². The second-order valence-electron chi connectivity index (χ2n) is 21.4. The number of hydrogen-bond acceptors (Lipinski definition) is 2. The molecule has 0 N–H and O–H groups in total. The largest absolute Gasteiger partial charge is 0.454 e. The quantitative estimate of drug-likeness (QED) is 0.0898. The summed E-state index contributed by atoms with van der Waals surface area (Å²) in [6.07, 6.45) is 10.3. The van der Waals surface area contributed by atoms with Gasteiger partial charge in [-0.1, -0.05) is 261 Å². The maximum absolute atomic E-state index is 6.81. The lowest BCUT2D eigenvalue weighted by molar-refractivity contribution is 0.669. The van der Waals surface area contributed by atoms with Crippen LogP contribution >= 0.6 is 0 Å². The van der Waals surface area contributed by atoms with Crippen LogP contribution in [0.15, 0.2) is 326 Å². The van der Waals surface area contributed by atoms with Crippen LogP contribution in [0.3, 0.4) is 0 Å². The van der Waals surface area contributed by atoms with E-state index in [1.165, 1.54) is 65.3 Å². The van der Waals surface area contributed by atoms with Crippen LogP contribution in [0.25, 0.3) is 93.9 Å². The lowest BCUT2D eigenvalue weighted by Gasteiger charge is -2.40. The number of anilines is 3. The standard InChI is InChI=1S/C78H56N2OSi/c1-6-26-55(27-7-1)64-38-16-18-40-66(64)68-42-20-21-43-69(68)67-41-19-17-39-65(67)56-28-24-31-58(52-56)80-74-50-48-59(79(57-29-8-2-9-30-57)76-46-25-45-71-70-44-22-23-47-77(70)81-78(71)76)53-72(74)73-54-63(49-51-75(73)80)82(60-32-10-3-11-33-60,61-34-12-4-13-35-61)62-36-14-5-15-37-62/h1-36,38-54,62H,37H2. The molecule has 0 saturated carbocycles. The van der Waals surface area contributed by atoms with Gasteiger partial charge in [-0.05, 0) is 133 Å². The van der Waals surface area contributed by atoms with Crippen molar-refractivity contribution < 1.29 is 4.42 Å². The van der Waals surface area contributed by atoms with Crippen molar-refractivity contribution in [3.63, 3.8) is 0 Å². The second kappa shape index (κ2) is 20.8. The lowest BCUT2D eigenvalue weighted by Crippen LogP contribution is -2.69. The number of allylic oxidation sites excluding steroid dienone is 4. The zero-order valence-electron chi connectivity index (χ0n) is 45.2. The van der Waals surface area contributed by atoms with Gasteiger partial charge in [-0.3, -0.25) is 0 Å². The molecule has 2 heterocycles. The molecule has 1 unspecified atom stereocenters. The van der Waals surface area contributed by atoms with E-state index in [1.807, 2.05) is 6.07 Å². The second-order valence-corrected chi connectivity index (χ2v) is 25.5. The Kier molecular flexibility index (Phi) is 12.4. The molecule has 1 aliphatic carbocycles. The van der Waals surface area contributed by atoms with Gasteiger partial charge < -0.3 is 13.9 Å². The van der Waals surface area contributed by atoms with Crippen molar-refractivity contribution in [2.24, 2.45) is 0 Å². The van der Waals surface area contributed by atoms with Gasteiger partial charge in [0.1, 0.15) is 5.58 Å². The minimum absolute atomic E-state index is 0.287. The minimum Gasteiger partial charge on any atom is -0.454 e. The molecule has 0 fully saturated rings. The zero-order chi connectivity index (χ0) is 54.4. The van der Waals surface area contributed by atoms with E-state index in [4.69, 9.17) is 4.42 Å². The average molecular weight is 1070 g/mol. The van der Waals surface area contributed by atoms with Crippen molar-refractivity contribution in [3.05, 3.63) is 322 Å². The van der Waals surface area contributed by atoms with Gasteiger partial charge in [-0.2, -0.15) is 0 Å². The highest BCUT2D eigenvalue weighted by Gasteiger charge is 2.45. The van der Waals surface area contributed by atoms with Crippen molar-refractivity contribution in [2.45, 2.75) is 12.0 Å². The first kappa shape index (κ1) is 48.8. The average Bonchev–Trinajstić information content (AvgIpc) is 3.22. The molecular formula is C78H56N2OSi. The van der Waals surface area contributed by atoms with Crippen LogP contribution < -0.4 is 20.5 Å². The van der Waals surface area contributed by atoms with Crippen molar-refractivity contribution >= 4 is 84.4 Å². The monoisotopic (exact) mass is 1060 g/mol. The van der Waals surface area contributed by atoms with Crippen LogP contribution in [0.4, 0.5) is 17.1 Å². The number of fused-ring (bicyclic) bond motifs is 6. The first-order valence-corrected chi connectivity index (χ1v) is 30.5. The normalized spacial score (nSPS) is 13.3. The molecule has 388 valence electrons. The Labute approximate surface area is 479 Å². The minimum atomic E-state index is -2.80. The van der Waals surface area contributed by atoms with Crippen LogP contribution in [0.2, 0.25) is 5.54 Å². The molecule has 0 bridgehead atoms. The fraction of sp³-hybridized carbons (Fsp3) is 0.0256. The van der Waals surface area contributed by atoms with Crippen LogP contribution in [0.5, 0.6) is 0 Å². The molecule has 82 heavy (non-hydrogen) atoms. The highest BCUT2D eigenvalue weighted by Crippen LogP contribution is 2.46. The van der Waals surface area contributed by atoms with E-state index >= 15 is 0 Å². The Balaban J connectivity index is 0.962. The Hall–Kier alpha value is -10.3. The summed E-state index contributed by atoms with van der Waals surface area (Å²) in [7, 11) is -2.80. The molecular weight excluding hydrogens is 1010 g/mol. The Morgan fingerprint density at radius 1 is 0.366 bits per heavy atom. The van der Waals surface area contributed by atoms with Gasteiger partial charge >= 0.3 is 0 Å². The van der Waals surface area contributed by atoms with E-state index in [-0.39, 0.29) is 5.54 Å². The maximum atomic E-state index is 6.81. The molecule has 3 nitrogen and oxygen atoms in total. The lowest BCUT2D eigenvalue weighted by atomic mass is 9.87. The van der Waals surface area contributed by atoms with Crippen molar-refractivity contribution in [2.75, 3.05) is 4.90 Å². The van der Waals surface area contributed by atoms with Crippen molar-refractivity contribution in [1.82, 2.24) is 4.57 Å². The molecule has 0 amide bonds. The first-order valence-electron chi connectivity index (χ1n) is 28.4. The fourth-order valence-corrected chi connectivity index (χ4v) is 18.7. The van der Waals surface area contributed by atoms with Gasteiger partial charge in [0.25, 0.3) is 0 Å². The van der Waals surface area contributed by atoms with E-state index in [0.717, 1.165) is 67.7 Å². The van der Waals surface area contributed by atoms with Gasteiger partial charge in [0.15, 0.2) is 13.7 Å². The predicted octanol–water partition coefficient (Wildman–Crippen LogP) is 19.2. The van der Waals surface area contributed by atoms with E-state index in [2.05, 4.69) is 325 Å². The molecule has 0 aliphatic heterocycles. The first-order chi connectivity index (χ1) is 40.7. The predicted molar refractivity (Wildman–Crippen MR) is 349 cm³/mol. The third-order valence-corrected chi connectivity index (χ3v) is 22.2. The summed E-state index contributed by atoms with van der Waals surface area (Å²) in [6.45, 7) is 0. The third kappa shape index (κ3) is 8.26. The summed E-state index contributed by atoms with van der Waals surface area (Å²) >= 11 is 0. The number of para-hydroxylation sites is 3. The fourth-order valence-electron chi connectivity index (χ4n) is 13.4. The Morgan fingerprint density at radius 2 is 0.890 bits per heavy atom. The summed E-state index contributed by atoms with van der Waals surface area (Å²) in [5, 5.41) is 8.77. The third-order valence-electron chi connectivity index (χ3n) is 17.0. The number of aromatic nitrogens is 1. The number of hydrogen-bond donors (Lipinski definition) is 0. The summed E-state index contributed by atoms with van der Waals surface area (Å²) in [5.41, 5.74) is 18.0. The van der Waals surface area contributed by atoms with E-state index in [0.29, 0.717) is 0 Å². The van der Waals surface area contributed by atoms with Gasteiger partial charge in [0.05, 0.1) is 16.7 Å². The molecule has 0 radical (unpaired) electrons. The van der Waals surface area contributed by atoms with Gasteiger partial charge in [0, 0.05) is 38.6 Å². The molecule has 14 aromatic rings. The van der Waals surface area contributed by atoms with Crippen LogP contribution in [-0.2, 0) is 0 Å². The highest BCUT2D eigenvalue weighted by molar-refractivity contribution is 7.12. The van der Waals surface area contributed by atoms with Crippen molar-refractivity contribution in [1.29, 1.82) is 0 Å². The number of nitrogens with zero attached hydrogens (tertiary/aromatic N) is 2. The SMILES string of the molecule is C1=CCC([Si](c2ccccc2)(c2ccccc2)c2ccc3c(c2)c2cc(N(c4ccccc4)c4cccc5c4oc4ccccc45)ccc2n3-c2cccc(-c3ccccc3-c3ccccc3-c3ccccc3-c3ccccc3)c2)C=C1. The molecule has 1 aliphatic rings. The molecule has 0 spiro atoms. The van der Waals surface area contributed by atoms with Crippen LogP contribution in [0.1, 0.15) is 6.42 Å². The van der Waals surface area contributed by atoms with E-state index in [9.17, 15) is 0 Å². The summed E-state index contributed by atoms with van der Waals surface area (Å²) < 4.78 is 9.31. The highest BCUT2D eigenvalue weighted by atomic mass is 28.3. The maximum Gasteiger partial charge on any atom is 0.159 e. The van der Waals surface area contributed by atoms with E-state index in [1.54, 1.807) is 0 Å². The Morgan fingerprint density at radius 3 is 1.55 bits per heavy atom. The molecule has 2 aromatic heterocycles. The van der Waals surface area contributed by atoms with Gasteiger partial charge in [-0.15, -0.1) is 0 Å². The molecule has 12 aromatic carbocycles. The number of rotatable bonds is 12. The van der Waals surface area contributed by atoms with Crippen LogP contribution in [-0.4, -0.2) is 12.6 Å². The summed E-state index contributed by atoms with van der Waals surface area (Å²) in [5.74, 6) is 0. The van der Waals surface area contributed by atoms with E-state index < -0.39 is 8.07 Å². The van der Waals surface area contributed by atoms with Gasteiger partial charge in [-0.25, -0.2) is 0 Å². The molecule has 15 rings (SSSR count). The summed E-state index contributed by atoms with van der Waals surface area (Å²) in [6, 6.07) is 109. The summed E-state index contributed by atoms with van der Waals surface area (Å²) in [4.78, 5) is 2.37. The van der Waals surface area contributed by atoms with Crippen LogP contribution in [0, 0.1) is 0 Å². The van der Waals surface area contributed by atoms with Crippen molar-refractivity contribution in [3.8, 4) is 50.2 Å².